The lowest BCUT2D eigenvalue weighted by molar-refractivity contribution is 0.102. The summed E-state index contributed by atoms with van der Waals surface area (Å²) in [5, 5.41) is 2.75. The van der Waals surface area contributed by atoms with Crippen molar-refractivity contribution in [3.63, 3.8) is 0 Å². The van der Waals surface area contributed by atoms with E-state index in [2.05, 4.69) is 10.0 Å². The lowest BCUT2D eigenvalue weighted by Gasteiger charge is -2.11. The normalized spacial score (nSPS) is 11.0. The second-order valence-electron chi connectivity index (χ2n) is 5.94. The van der Waals surface area contributed by atoms with Crippen LogP contribution in [0, 0.1) is 6.92 Å². The van der Waals surface area contributed by atoms with Crippen molar-refractivity contribution >= 4 is 38.9 Å². The van der Waals surface area contributed by atoms with Gasteiger partial charge < -0.3 is 5.32 Å². The zero-order chi connectivity index (χ0) is 19.4. The molecule has 0 radical (unpaired) electrons. The van der Waals surface area contributed by atoms with Crippen LogP contribution in [0.4, 0.5) is 11.4 Å². The molecule has 0 aliphatic heterocycles. The van der Waals surface area contributed by atoms with E-state index in [-0.39, 0.29) is 15.5 Å². The highest BCUT2D eigenvalue weighted by Gasteiger charge is 2.20. The first-order chi connectivity index (χ1) is 12.8. The van der Waals surface area contributed by atoms with E-state index < -0.39 is 15.9 Å². The molecule has 0 bridgehead atoms. The van der Waals surface area contributed by atoms with Crippen molar-refractivity contribution < 1.29 is 13.2 Å². The van der Waals surface area contributed by atoms with Crippen LogP contribution in [0.15, 0.2) is 77.7 Å². The molecule has 0 aliphatic carbocycles. The second-order valence-corrected chi connectivity index (χ2v) is 7.99. The number of amides is 1. The molecule has 138 valence electrons. The second kappa shape index (κ2) is 7.82. The molecule has 0 fully saturated rings. The van der Waals surface area contributed by atoms with Crippen molar-refractivity contribution in [1.29, 1.82) is 0 Å². The van der Waals surface area contributed by atoms with Gasteiger partial charge in [-0.1, -0.05) is 47.5 Å². The van der Waals surface area contributed by atoms with Crippen molar-refractivity contribution in [2.24, 2.45) is 0 Å². The average Bonchev–Trinajstić information content (AvgIpc) is 2.64. The van der Waals surface area contributed by atoms with E-state index in [9.17, 15) is 13.2 Å². The fourth-order valence-electron chi connectivity index (χ4n) is 2.41. The minimum atomic E-state index is -3.95. The molecule has 3 aromatic rings. The highest BCUT2D eigenvalue weighted by molar-refractivity contribution is 7.92. The van der Waals surface area contributed by atoms with Gasteiger partial charge in [0.2, 0.25) is 0 Å². The van der Waals surface area contributed by atoms with Gasteiger partial charge in [0.05, 0.1) is 5.02 Å². The van der Waals surface area contributed by atoms with E-state index >= 15 is 0 Å². The molecule has 3 rings (SSSR count). The molecule has 0 saturated heterocycles. The van der Waals surface area contributed by atoms with Crippen LogP contribution in [0.1, 0.15) is 15.9 Å². The molecule has 0 atom stereocenters. The number of sulfonamides is 1. The number of carbonyl (C=O) groups is 1. The van der Waals surface area contributed by atoms with Gasteiger partial charge in [-0.2, -0.15) is 0 Å². The predicted octanol–water partition coefficient (Wildman–Crippen LogP) is 4.70. The number of aryl methyl sites for hydroxylation is 1. The van der Waals surface area contributed by atoms with Gasteiger partial charge in [0.1, 0.15) is 4.90 Å². The minimum Gasteiger partial charge on any atom is -0.322 e. The molecule has 5 nitrogen and oxygen atoms in total. The fourth-order valence-corrected chi connectivity index (χ4v) is 3.99. The Bertz CT molecular complexity index is 1070. The zero-order valence-corrected chi connectivity index (χ0v) is 16.0. The predicted molar refractivity (Wildman–Crippen MR) is 108 cm³/mol. The molecule has 1 amide bonds. The van der Waals surface area contributed by atoms with Crippen molar-refractivity contribution in [3.8, 4) is 0 Å². The Labute approximate surface area is 163 Å². The van der Waals surface area contributed by atoms with Crippen molar-refractivity contribution in [1.82, 2.24) is 0 Å². The van der Waals surface area contributed by atoms with Crippen molar-refractivity contribution in [2.45, 2.75) is 11.8 Å². The summed E-state index contributed by atoms with van der Waals surface area (Å²) in [6.07, 6.45) is 0. The first kappa shape index (κ1) is 18.9. The molecule has 0 saturated carbocycles. The molecule has 3 aromatic carbocycles. The maximum Gasteiger partial charge on any atom is 0.263 e. The number of halogens is 1. The monoisotopic (exact) mass is 400 g/mol. The number of para-hydroxylation sites is 1. The first-order valence-corrected chi connectivity index (χ1v) is 9.97. The minimum absolute atomic E-state index is 0.0332. The van der Waals surface area contributed by atoms with Gasteiger partial charge in [-0.25, -0.2) is 8.42 Å². The third-order valence-electron chi connectivity index (χ3n) is 3.82. The third-order valence-corrected chi connectivity index (χ3v) is 5.68. The van der Waals surface area contributed by atoms with Gasteiger partial charge in [0.15, 0.2) is 0 Å². The standard InChI is InChI=1S/C20H17ClN2O3S/c1-14-7-10-17(11-8-14)23-27(25,26)19-13-15(9-12-18(19)21)20(24)22-16-5-3-2-4-6-16/h2-13,23H,1H3,(H,22,24). The summed E-state index contributed by atoms with van der Waals surface area (Å²) in [5.74, 6) is -0.426. The summed E-state index contributed by atoms with van der Waals surface area (Å²) in [4.78, 5) is 12.3. The van der Waals surface area contributed by atoms with E-state index in [4.69, 9.17) is 11.6 Å². The Kier molecular flexibility index (Phi) is 5.48. The number of nitrogens with one attached hydrogen (secondary N) is 2. The lowest BCUT2D eigenvalue weighted by Crippen LogP contribution is -2.16. The van der Waals surface area contributed by atoms with E-state index in [1.165, 1.54) is 18.2 Å². The topological polar surface area (TPSA) is 75.3 Å². The number of carbonyl (C=O) groups excluding carboxylic acids is 1. The molecule has 7 heteroatoms. The van der Waals surface area contributed by atoms with E-state index in [1.807, 2.05) is 13.0 Å². The molecule has 0 unspecified atom stereocenters. The van der Waals surface area contributed by atoms with Crippen LogP contribution in [0.3, 0.4) is 0 Å². The van der Waals surface area contributed by atoms with E-state index in [0.717, 1.165) is 5.56 Å². The Morgan fingerprint density at radius 3 is 2.22 bits per heavy atom. The Balaban J connectivity index is 1.88. The SMILES string of the molecule is Cc1ccc(NS(=O)(=O)c2cc(C(=O)Nc3ccccc3)ccc2Cl)cc1. The van der Waals surface area contributed by atoms with Gasteiger partial charge in [0, 0.05) is 16.9 Å². The van der Waals surface area contributed by atoms with Crippen LogP contribution < -0.4 is 10.0 Å². The van der Waals surface area contributed by atoms with Crippen LogP contribution in [0.5, 0.6) is 0 Å². The number of benzene rings is 3. The van der Waals surface area contributed by atoms with Crippen LogP contribution >= 0.6 is 11.6 Å². The smallest absolute Gasteiger partial charge is 0.263 e. The average molecular weight is 401 g/mol. The van der Waals surface area contributed by atoms with Crippen LogP contribution in [-0.2, 0) is 10.0 Å². The van der Waals surface area contributed by atoms with Crippen molar-refractivity contribution in [3.05, 3.63) is 88.9 Å². The molecule has 0 spiro atoms. The van der Waals surface area contributed by atoms with Crippen LogP contribution in [-0.4, -0.2) is 14.3 Å². The van der Waals surface area contributed by atoms with Crippen molar-refractivity contribution in [2.75, 3.05) is 10.0 Å². The Morgan fingerprint density at radius 1 is 0.889 bits per heavy atom. The summed E-state index contributed by atoms with van der Waals surface area (Å²) in [5.41, 5.74) is 2.22. The lowest BCUT2D eigenvalue weighted by atomic mass is 10.2. The van der Waals surface area contributed by atoms with Gasteiger partial charge in [-0.15, -0.1) is 0 Å². The maximum absolute atomic E-state index is 12.7. The summed E-state index contributed by atoms with van der Waals surface area (Å²) >= 11 is 6.09. The van der Waals surface area contributed by atoms with E-state index in [0.29, 0.717) is 11.4 Å². The largest absolute Gasteiger partial charge is 0.322 e. The number of rotatable bonds is 5. The molecule has 0 aliphatic rings. The summed E-state index contributed by atoms with van der Waals surface area (Å²) in [6, 6.07) is 19.9. The Hall–Kier alpha value is -2.83. The highest BCUT2D eigenvalue weighted by atomic mass is 35.5. The van der Waals surface area contributed by atoms with E-state index in [1.54, 1.807) is 48.5 Å². The quantitative estimate of drug-likeness (QED) is 0.651. The fraction of sp³-hybridized carbons (Fsp3) is 0.0500. The van der Waals surface area contributed by atoms with Gasteiger partial charge >= 0.3 is 0 Å². The van der Waals surface area contributed by atoms with Crippen LogP contribution in [0.25, 0.3) is 0 Å². The molecule has 0 heterocycles. The molecular formula is C20H17ClN2O3S. The molecule has 27 heavy (non-hydrogen) atoms. The van der Waals surface area contributed by atoms with Gasteiger partial charge in [0.25, 0.3) is 15.9 Å². The van der Waals surface area contributed by atoms with Gasteiger partial charge in [-0.05, 0) is 49.4 Å². The maximum atomic E-state index is 12.7. The van der Waals surface area contributed by atoms with Gasteiger partial charge in [-0.3, -0.25) is 9.52 Å². The van der Waals surface area contributed by atoms with Crippen LogP contribution in [0.2, 0.25) is 5.02 Å². The molecule has 2 N–H and O–H groups in total. The number of hydrogen-bond donors (Lipinski definition) is 2. The molecule has 0 aromatic heterocycles. The highest BCUT2D eigenvalue weighted by Crippen LogP contribution is 2.25. The first-order valence-electron chi connectivity index (χ1n) is 8.10. The molecular weight excluding hydrogens is 384 g/mol. The summed E-state index contributed by atoms with van der Waals surface area (Å²) in [7, 11) is -3.95. The number of anilines is 2. The zero-order valence-electron chi connectivity index (χ0n) is 14.4. The summed E-state index contributed by atoms with van der Waals surface area (Å²) in [6.45, 7) is 1.91. The summed E-state index contributed by atoms with van der Waals surface area (Å²) < 4.78 is 27.9. The Morgan fingerprint density at radius 2 is 1.56 bits per heavy atom. The number of hydrogen-bond acceptors (Lipinski definition) is 3. The third kappa shape index (κ3) is 4.67.